The number of carbonyl (C=O) groups excluding carboxylic acids is 2. The molecule has 0 saturated heterocycles. The van der Waals surface area contributed by atoms with Crippen LogP contribution in [0.3, 0.4) is 0 Å². The quantitative estimate of drug-likeness (QED) is 0.536. The Morgan fingerprint density at radius 2 is 1.04 bits per heavy atom. The molecule has 0 bridgehead atoms. The number of hydrogen-bond acceptors (Lipinski definition) is 6. The van der Waals surface area contributed by atoms with E-state index in [1.807, 2.05) is 0 Å². The molecule has 136 valence electrons. The maximum absolute atomic E-state index is 11.7. The van der Waals surface area contributed by atoms with E-state index >= 15 is 0 Å². The molecular formula is C18H20N4O4. The summed E-state index contributed by atoms with van der Waals surface area (Å²) in [5.74, 6) is -0.532. The molecule has 2 rings (SSSR count). The zero-order valence-electron chi connectivity index (χ0n) is 14.1. The molecule has 2 aromatic carbocycles. The van der Waals surface area contributed by atoms with Gasteiger partial charge in [0.25, 0.3) is 11.8 Å². The molecule has 26 heavy (non-hydrogen) atoms. The van der Waals surface area contributed by atoms with Crippen molar-refractivity contribution >= 4 is 23.2 Å². The van der Waals surface area contributed by atoms with Gasteiger partial charge in [-0.25, -0.2) is 0 Å². The van der Waals surface area contributed by atoms with Gasteiger partial charge in [-0.3, -0.25) is 9.59 Å². The molecule has 4 N–H and O–H groups in total. The van der Waals surface area contributed by atoms with Crippen LogP contribution in [-0.4, -0.2) is 48.3 Å². The Hall–Kier alpha value is -3.10. The van der Waals surface area contributed by atoms with Crippen molar-refractivity contribution in [2.75, 3.05) is 26.3 Å². The maximum Gasteiger partial charge on any atom is 0.251 e. The molecular weight excluding hydrogens is 336 g/mol. The van der Waals surface area contributed by atoms with E-state index in [9.17, 15) is 9.59 Å². The largest absolute Gasteiger partial charge is 0.395 e. The summed E-state index contributed by atoms with van der Waals surface area (Å²) in [5.41, 5.74) is 2.09. The fraction of sp³-hybridized carbons (Fsp3) is 0.222. The Bertz CT molecular complexity index is 692. The molecule has 8 heteroatoms. The summed E-state index contributed by atoms with van der Waals surface area (Å²) in [6.45, 7) is 0.183. The van der Waals surface area contributed by atoms with Crippen LogP contribution in [0.2, 0.25) is 0 Å². The Morgan fingerprint density at radius 3 is 1.35 bits per heavy atom. The Kier molecular flexibility index (Phi) is 7.41. The van der Waals surface area contributed by atoms with Crippen molar-refractivity contribution in [3.63, 3.8) is 0 Å². The van der Waals surface area contributed by atoms with Gasteiger partial charge in [0.05, 0.1) is 24.6 Å². The number of hydrogen-bond donors (Lipinski definition) is 4. The summed E-state index contributed by atoms with van der Waals surface area (Å²) in [6, 6.07) is 13.1. The summed E-state index contributed by atoms with van der Waals surface area (Å²) in [5, 5.41) is 30.7. The highest BCUT2D eigenvalue weighted by molar-refractivity contribution is 5.94. The summed E-state index contributed by atoms with van der Waals surface area (Å²) in [4.78, 5) is 23.4. The van der Waals surface area contributed by atoms with E-state index in [-0.39, 0.29) is 38.1 Å². The van der Waals surface area contributed by atoms with Gasteiger partial charge in [0.2, 0.25) is 0 Å². The molecule has 8 nitrogen and oxygen atoms in total. The smallest absolute Gasteiger partial charge is 0.251 e. The highest BCUT2D eigenvalue weighted by Crippen LogP contribution is 2.19. The maximum atomic E-state index is 11.7. The van der Waals surface area contributed by atoms with Crippen LogP contribution in [0.5, 0.6) is 0 Å². The van der Waals surface area contributed by atoms with Gasteiger partial charge < -0.3 is 20.8 Å². The third-order valence-corrected chi connectivity index (χ3v) is 3.33. The molecule has 0 saturated carbocycles. The molecule has 2 aromatic rings. The van der Waals surface area contributed by atoms with Crippen LogP contribution in [0.4, 0.5) is 11.4 Å². The number of rotatable bonds is 8. The first-order valence-electron chi connectivity index (χ1n) is 8.04. The lowest BCUT2D eigenvalue weighted by Gasteiger charge is -2.03. The third kappa shape index (κ3) is 5.76. The number of aliphatic hydroxyl groups excluding tert-OH is 2. The minimum absolute atomic E-state index is 0.111. The van der Waals surface area contributed by atoms with Crippen molar-refractivity contribution in [2.24, 2.45) is 10.2 Å². The van der Waals surface area contributed by atoms with Gasteiger partial charge in [-0.2, -0.15) is 10.2 Å². The van der Waals surface area contributed by atoms with Crippen LogP contribution in [0, 0.1) is 0 Å². The second-order valence-electron chi connectivity index (χ2n) is 5.25. The highest BCUT2D eigenvalue weighted by atomic mass is 16.3. The lowest BCUT2D eigenvalue weighted by Crippen LogP contribution is -2.26. The van der Waals surface area contributed by atoms with E-state index < -0.39 is 0 Å². The topological polar surface area (TPSA) is 123 Å². The Labute approximate surface area is 150 Å². The number of aliphatic hydroxyl groups is 2. The average molecular weight is 356 g/mol. The average Bonchev–Trinajstić information content (AvgIpc) is 2.69. The molecule has 0 atom stereocenters. The third-order valence-electron chi connectivity index (χ3n) is 3.33. The molecule has 0 fully saturated rings. The van der Waals surface area contributed by atoms with Gasteiger partial charge in [0.1, 0.15) is 0 Å². The summed E-state index contributed by atoms with van der Waals surface area (Å²) < 4.78 is 0. The number of azo groups is 1. The van der Waals surface area contributed by atoms with Crippen LogP contribution < -0.4 is 10.6 Å². The first-order chi connectivity index (χ1) is 12.6. The van der Waals surface area contributed by atoms with Crippen LogP contribution >= 0.6 is 0 Å². The first-order valence-corrected chi connectivity index (χ1v) is 8.04. The monoisotopic (exact) mass is 356 g/mol. The van der Waals surface area contributed by atoms with Gasteiger partial charge in [-0.15, -0.1) is 0 Å². The number of nitrogens with zero attached hydrogens (tertiary/aromatic N) is 2. The molecule has 0 aliphatic rings. The molecule has 0 aromatic heterocycles. The van der Waals surface area contributed by atoms with E-state index in [1.165, 1.54) is 0 Å². The molecule has 0 unspecified atom stereocenters. The van der Waals surface area contributed by atoms with Crippen molar-refractivity contribution in [1.82, 2.24) is 10.6 Å². The second kappa shape index (κ2) is 10.0. The normalized spacial score (nSPS) is 10.7. The molecule has 0 heterocycles. The number of amides is 2. The minimum atomic E-state index is -0.266. The van der Waals surface area contributed by atoms with Gasteiger partial charge in [0.15, 0.2) is 0 Å². The molecule has 0 radical (unpaired) electrons. The fourth-order valence-electron chi connectivity index (χ4n) is 2.02. The zero-order valence-corrected chi connectivity index (χ0v) is 14.1. The predicted octanol–water partition coefficient (Wildman–Crippen LogP) is 1.55. The Morgan fingerprint density at radius 1 is 0.692 bits per heavy atom. The number of nitrogens with one attached hydrogen (secondary N) is 2. The van der Waals surface area contributed by atoms with Crippen molar-refractivity contribution in [3.05, 3.63) is 59.7 Å². The molecule has 0 aliphatic carbocycles. The number of carbonyl (C=O) groups is 2. The molecule has 0 aliphatic heterocycles. The summed E-state index contributed by atoms with van der Waals surface area (Å²) in [6.07, 6.45) is 0. The van der Waals surface area contributed by atoms with Crippen LogP contribution in [-0.2, 0) is 0 Å². The lowest BCUT2D eigenvalue weighted by atomic mass is 10.2. The molecule has 2 amide bonds. The zero-order chi connectivity index (χ0) is 18.8. The van der Waals surface area contributed by atoms with Crippen molar-refractivity contribution in [1.29, 1.82) is 0 Å². The molecule has 0 spiro atoms. The SMILES string of the molecule is O=C(NCCO)c1ccc(N=Nc2ccc(C(=O)NCCO)cc2)cc1. The van der Waals surface area contributed by atoms with Gasteiger partial charge in [-0.05, 0) is 48.5 Å². The fourth-order valence-corrected chi connectivity index (χ4v) is 2.02. The number of benzene rings is 2. The predicted molar refractivity (Wildman–Crippen MR) is 95.9 cm³/mol. The second-order valence-corrected chi connectivity index (χ2v) is 5.25. The van der Waals surface area contributed by atoms with Crippen LogP contribution in [0.1, 0.15) is 20.7 Å². The van der Waals surface area contributed by atoms with Gasteiger partial charge >= 0.3 is 0 Å². The summed E-state index contributed by atoms with van der Waals surface area (Å²) >= 11 is 0. The van der Waals surface area contributed by atoms with E-state index in [0.29, 0.717) is 22.5 Å². The van der Waals surface area contributed by atoms with Crippen molar-refractivity contribution in [3.8, 4) is 0 Å². The van der Waals surface area contributed by atoms with Crippen LogP contribution in [0.15, 0.2) is 58.8 Å². The van der Waals surface area contributed by atoms with Gasteiger partial charge in [0, 0.05) is 24.2 Å². The summed E-state index contributed by atoms with van der Waals surface area (Å²) in [7, 11) is 0. The van der Waals surface area contributed by atoms with Crippen LogP contribution in [0.25, 0.3) is 0 Å². The van der Waals surface area contributed by atoms with E-state index in [4.69, 9.17) is 10.2 Å². The highest BCUT2D eigenvalue weighted by Gasteiger charge is 2.05. The van der Waals surface area contributed by atoms with Gasteiger partial charge in [-0.1, -0.05) is 0 Å². The lowest BCUT2D eigenvalue weighted by molar-refractivity contribution is 0.0937. The standard InChI is InChI=1S/C18H20N4O4/c23-11-9-19-17(25)13-1-5-15(6-2-13)21-22-16-7-3-14(4-8-16)18(26)20-10-12-24/h1-8,23-24H,9-12H2,(H,19,25)(H,20,26). The van der Waals surface area contributed by atoms with Crippen molar-refractivity contribution in [2.45, 2.75) is 0 Å². The van der Waals surface area contributed by atoms with Crippen molar-refractivity contribution < 1.29 is 19.8 Å². The van der Waals surface area contributed by atoms with E-state index in [2.05, 4.69) is 20.9 Å². The minimum Gasteiger partial charge on any atom is -0.395 e. The van der Waals surface area contributed by atoms with E-state index in [0.717, 1.165) is 0 Å². The van der Waals surface area contributed by atoms with E-state index in [1.54, 1.807) is 48.5 Å². The first kappa shape index (κ1) is 19.2. The Balaban J connectivity index is 1.96.